The van der Waals surface area contributed by atoms with Crippen molar-refractivity contribution in [1.29, 1.82) is 5.26 Å². The zero-order chi connectivity index (χ0) is 40.6. The van der Waals surface area contributed by atoms with Gasteiger partial charge in [0.05, 0.1) is 31.9 Å². The topological polar surface area (TPSA) is 175 Å². The van der Waals surface area contributed by atoms with Gasteiger partial charge in [0.2, 0.25) is 0 Å². The van der Waals surface area contributed by atoms with Crippen LogP contribution < -0.4 is 16.8 Å². The van der Waals surface area contributed by atoms with E-state index < -0.39 is 83.6 Å². The summed E-state index contributed by atoms with van der Waals surface area (Å²) in [4.78, 5) is 23.3. The molecule has 0 aliphatic carbocycles. The van der Waals surface area contributed by atoms with Crippen molar-refractivity contribution >= 4 is 96.5 Å². The Morgan fingerprint density at radius 2 is 1.52 bits per heavy atom. The summed E-state index contributed by atoms with van der Waals surface area (Å²) in [6, 6.07) is 8.88. The van der Waals surface area contributed by atoms with Crippen LogP contribution in [0.2, 0.25) is 20.1 Å². The minimum absolute atomic E-state index is 0.0206. The van der Waals surface area contributed by atoms with Crippen molar-refractivity contribution in [3.05, 3.63) is 107 Å². The van der Waals surface area contributed by atoms with E-state index in [0.29, 0.717) is 22.9 Å². The Morgan fingerprint density at radius 3 is 2.04 bits per heavy atom. The quantitative estimate of drug-likeness (QED) is 0.143. The maximum absolute atomic E-state index is 14.1. The molecule has 0 aliphatic rings. The largest absolute Gasteiger partial charge is 0.476 e. The van der Waals surface area contributed by atoms with Gasteiger partial charge in [0.25, 0.3) is 11.8 Å². The lowest BCUT2D eigenvalue weighted by atomic mass is 10.1. The normalized spacial score (nSPS) is 12.1. The Balaban J connectivity index is 0.000000241. The minimum Gasteiger partial charge on any atom is -0.383 e. The molecule has 0 spiro atoms. The molecule has 25 heteroatoms. The number of rotatable bonds is 6. The molecular formula is C29H13BrCl4F8N8O3S. The van der Waals surface area contributed by atoms with E-state index in [1.165, 1.54) is 24.3 Å². The van der Waals surface area contributed by atoms with Crippen molar-refractivity contribution in [2.24, 2.45) is 5.73 Å². The number of nitrogen functional groups attached to an aromatic ring is 1. The molecule has 54 heavy (non-hydrogen) atoms. The van der Waals surface area contributed by atoms with Gasteiger partial charge in [-0.2, -0.15) is 41.8 Å². The lowest BCUT2D eigenvalue weighted by Crippen LogP contribution is -2.21. The van der Waals surface area contributed by atoms with Gasteiger partial charge in [0, 0.05) is 17.2 Å². The number of nitrogens with two attached hydrogens (primary N) is 2. The van der Waals surface area contributed by atoms with Crippen molar-refractivity contribution in [3.63, 3.8) is 0 Å². The van der Waals surface area contributed by atoms with Crippen molar-refractivity contribution in [1.82, 2.24) is 19.6 Å². The standard InChI is InChI=1S/C17H9BrCl2F2N4O2.C12H4Cl2F6N4OS/c18-14-6-13(26(25-14)12-2-1-8(21)5-11(12)22)17(28)24-15-9(16(23)27)3-7(19)4-10(15)20;13-5-1-4(11(15,16)17)2-6(14)8(5)24-10(22)9(7(3-21)23-24)26(25)12(18,19)20/h1-6H,(H2,23,27)(H,24,28);1-2H,22H2. The predicted octanol–water partition coefficient (Wildman–Crippen LogP) is 8.85. The smallest absolute Gasteiger partial charge is 0.383 e. The minimum atomic E-state index is -5.25. The molecule has 5 rings (SSSR count). The summed E-state index contributed by atoms with van der Waals surface area (Å²) in [5.41, 5.74) is 2.45. The van der Waals surface area contributed by atoms with Crippen molar-refractivity contribution in [2.45, 2.75) is 16.6 Å². The SMILES string of the molecule is N#Cc1nn(-c2c(Cl)cc(C(F)(F)F)cc2Cl)c(N)c1S(=O)C(F)(F)F.NC(=O)c1cc(Cl)cc(Cl)c1NC(=O)c1cc(Br)nn1-c1ccc(F)cc1F. The van der Waals surface area contributed by atoms with Gasteiger partial charge in [-0.3, -0.25) is 9.59 Å². The number of hydrogen-bond acceptors (Lipinski definition) is 7. The second kappa shape index (κ2) is 16.1. The van der Waals surface area contributed by atoms with Gasteiger partial charge in [-0.1, -0.05) is 46.4 Å². The first-order valence-corrected chi connectivity index (χ1v) is 17.1. The number of anilines is 2. The highest BCUT2D eigenvalue weighted by Crippen LogP contribution is 2.40. The van der Waals surface area contributed by atoms with Gasteiger partial charge >= 0.3 is 11.7 Å². The molecule has 0 aliphatic heterocycles. The van der Waals surface area contributed by atoms with Crippen LogP contribution in [-0.2, 0) is 17.0 Å². The molecule has 5 aromatic rings. The molecule has 5 N–H and O–H groups in total. The number of nitrogens with one attached hydrogen (secondary N) is 1. The van der Waals surface area contributed by atoms with Crippen LogP contribution in [0.1, 0.15) is 32.1 Å². The lowest BCUT2D eigenvalue weighted by molar-refractivity contribution is -0.137. The zero-order valence-electron chi connectivity index (χ0n) is 25.6. The van der Waals surface area contributed by atoms with Gasteiger partial charge in [-0.15, -0.1) is 0 Å². The number of hydrogen-bond donors (Lipinski definition) is 3. The van der Waals surface area contributed by atoms with Crippen molar-refractivity contribution < 1.29 is 48.9 Å². The summed E-state index contributed by atoms with van der Waals surface area (Å²) in [6.07, 6.45) is -4.79. The first kappa shape index (κ1) is 42.3. The number of aromatic nitrogens is 4. The first-order valence-electron chi connectivity index (χ1n) is 13.6. The highest BCUT2D eigenvalue weighted by molar-refractivity contribution is 9.10. The van der Waals surface area contributed by atoms with Gasteiger partial charge in [-0.25, -0.2) is 22.4 Å². The van der Waals surface area contributed by atoms with Crippen LogP contribution in [0.3, 0.4) is 0 Å². The molecule has 1 atom stereocenters. The molecule has 2 heterocycles. The Hall–Kier alpha value is -4.46. The van der Waals surface area contributed by atoms with Crippen LogP contribution in [0.15, 0.2) is 58.0 Å². The Morgan fingerprint density at radius 1 is 0.907 bits per heavy atom. The fourth-order valence-corrected chi connectivity index (χ4v) is 6.65. The number of primary amides is 1. The summed E-state index contributed by atoms with van der Waals surface area (Å²) in [7, 11) is -3.71. The fraction of sp³-hybridized carbons (Fsp3) is 0.0690. The van der Waals surface area contributed by atoms with Crippen molar-refractivity contribution in [3.8, 4) is 17.4 Å². The molecule has 3 aromatic carbocycles. The summed E-state index contributed by atoms with van der Waals surface area (Å²) in [6.45, 7) is 0. The van der Waals surface area contributed by atoms with Crippen LogP contribution in [0, 0.1) is 23.0 Å². The predicted molar refractivity (Wildman–Crippen MR) is 184 cm³/mol. The molecule has 0 fully saturated rings. The van der Waals surface area contributed by atoms with E-state index in [0.717, 1.165) is 16.8 Å². The van der Waals surface area contributed by atoms with Crippen LogP contribution in [-0.4, -0.2) is 41.1 Å². The molecule has 0 radical (unpaired) electrons. The summed E-state index contributed by atoms with van der Waals surface area (Å²) >= 11 is 26.5. The number of carbonyl (C=O) groups excluding carboxylic acids is 2. The molecule has 11 nitrogen and oxygen atoms in total. The summed E-state index contributed by atoms with van der Waals surface area (Å²) < 4.78 is 117. The number of halogens is 13. The Labute approximate surface area is 326 Å². The van der Waals surface area contributed by atoms with Crippen LogP contribution in [0.25, 0.3) is 11.4 Å². The Kier molecular flexibility index (Phi) is 12.6. The Bertz CT molecular complexity index is 2380. The number of amides is 2. The maximum atomic E-state index is 14.1. The lowest BCUT2D eigenvalue weighted by Gasteiger charge is -2.13. The second-order valence-corrected chi connectivity index (χ2v) is 14.0. The number of nitriles is 1. The number of alkyl halides is 6. The third kappa shape index (κ3) is 9.07. The summed E-state index contributed by atoms with van der Waals surface area (Å²) in [5.74, 6) is -4.24. The average molecular weight is 927 g/mol. The van der Waals surface area contributed by atoms with Crippen molar-refractivity contribution in [2.75, 3.05) is 11.1 Å². The van der Waals surface area contributed by atoms with Gasteiger partial charge in [0.15, 0.2) is 22.3 Å². The molecular weight excluding hydrogens is 914 g/mol. The van der Waals surface area contributed by atoms with Gasteiger partial charge < -0.3 is 16.8 Å². The first-order chi connectivity index (χ1) is 25.0. The molecule has 2 amide bonds. The monoisotopic (exact) mass is 924 g/mol. The molecule has 1 unspecified atom stereocenters. The molecule has 284 valence electrons. The zero-order valence-corrected chi connectivity index (χ0v) is 31.0. The molecule has 0 saturated carbocycles. The van der Waals surface area contributed by atoms with Crippen LogP contribution in [0.4, 0.5) is 46.6 Å². The van der Waals surface area contributed by atoms with E-state index >= 15 is 0 Å². The van der Waals surface area contributed by atoms with E-state index in [1.54, 1.807) is 0 Å². The van der Waals surface area contributed by atoms with E-state index in [1.807, 2.05) is 0 Å². The number of carbonyl (C=O) groups is 2. The average Bonchev–Trinajstić information content (AvgIpc) is 3.59. The molecule has 2 aromatic heterocycles. The molecule has 0 bridgehead atoms. The van der Waals surface area contributed by atoms with Crippen LogP contribution >= 0.6 is 62.3 Å². The van der Waals surface area contributed by atoms with Gasteiger partial charge in [0.1, 0.15) is 44.3 Å². The second-order valence-electron chi connectivity index (χ2n) is 10.1. The highest BCUT2D eigenvalue weighted by atomic mass is 79.9. The number of benzene rings is 3. The highest BCUT2D eigenvalue weighted by Gasteiger charge is 2.43. The van der Waals surface area contributed by atoms with E-state index in [9.17, 15) is 48.9 Å². The van der Waals surface area contributed by atoms with E-state index in [2.05, 4.69) is 31.4 Å². The third-order valence-corrected chi connectivity index (χ3v) is 9.22. The van der Waals surface area contributed by atoms with E-state index in [4.69, 9.17) is 63.1 Å². The van der Waals surface area contributed by atoms with Gasteiger partial charge in [-0.05, 0) is 52.3 Å². The van der Waals surface area contributed by atoms with E-state index in [-0.39, 0.29) is 37.3 Å². The fourth-order valence-electron chi connectivity index (χ4n) is 4.31. The summed E-state index contributed by atoms with van der Waals surface area (Å²) in [5, 5.41) is 17.6. The van der Waals surface area contributed by atoms with Crippen LogP contribution in [0.5, 0.6) is 0 Å². The number of nitrogens with zero attached hydrogens (tertiary/aromatic N) is 5. The molecule has 0 saturated heterocycles. The third-order valence-electron chi connectivity index (χ3n) is 6.54. The maximum Gasteiger partial charge on any atom is 0.476 e.